The molecule has 116 valence electrons. The van der Waals surface area contributed by atoms with Gasteiger partial charge in [0.15, 0.2) is 0 Å². The number of nitrogens with one attached hydrogen (secondary N) is 1. The van der Waals surface area contributed by atoms with Gasteiger partial charge in [-0.05, 0) is 24.3 Å². The number of carbonyl (C=O) groups is 1. The molecule has 0 bridgehead atoms. The fourth-order valence-electron chi connectivity index (χ4n) is 2.58. The predicted octanol–water partition coefficient (Wildman–Crippen LogP) is 1.24. The summed E-state index contributed by atoms with van der Waals surface area (Å²) in [4.78, 5) is 26.6. The van der Waals surface area contributed by atoms with Crippen molar-refractivity contribution in [2.75, 3.05) is 18.0 Å². The van der Waals surface area contributed by atoms with E-state index in [9.17, 15) is 9.59 Å². The lowest BCUT2D eigenvalue weighted by Gasteiger charge is -2.33. The molecule has 1 N–H and O–H groups in total. The molecule has 1 aliphatic heterocycles. The number of hydrogen-bond acceptors (Lipinski definition) is 5. The van der Waals surface area contributed by atoms with Crippen LogP contribution in [0.2, 0.25) is 0 Å². The molecule has 22 heavy (non-hydrogen) atoms. The number of amides is 1. The maximum absolute atomic E-state index is 12.0. The number of hydrogen-bond donors (Lipinski definition) is 1. The maximum Gasteiger partial charge on any atom is 0.268 e. The summed E-state index contributed by atoms with van der Waals surface area (Å²) in [5.74, 6) is 0.00342. The van der Waals surface area contributed by atoms with Gasteiger partial charge in [-0.1, -0.05) is 6.07 Å². The fourth-order valence-corrected chi connectivity index (χ4v) is 3.21. The average Bonchev–Trinajstić information content (AvgIpc) is 3.05. The van der Waals surface area contributed by atoms with Crippen LogP contribution in [-0.2, 0) is 7.05 Å². The van der Waals surface area contributed by atoms with Gasteiger partial charge >= 0.3 is 0 Å². The highest BCUT2D eigenvalue weighted by molar-refractivity contribution is 7.12. The highest BCUT2D eigenvalue weighted by Crippen LogP contribution is 2.18. The molecule has 1 fully saturated rings. The van der Waals surface area contributed by atoms with Crippen LogP contribution >= 0.6 is 11.3 Å². The highest BCUT2D eigenvalue weighted by Gasteiger charge is 2.22. The first-order valence-electron chi connectivity index (χ1n) is 7.26. The number of thiophene rings is 1. The molecule has 1 saturated heterocycles. The van der Waals surface area contributed by atoms with Crippen LogP contribution in [0.3, 0.4) is 0 Å². The lowest BCUT2D eigenvalue weighted by Crippen LogP contribution is -2.44. The second-order valence-electron chi connectivity index (χ2n) is 5.39. The van der Waals surface area contributed by atoms with E-state index in [4.69, 9.17) is 0 Å². The Kier molecular flexibility index (Phi) is 4.24. The van der Waals surface area contributed by atoms with E-state index in [1.807, 2.05) is 17.5 Å². The second-order valence-corrected chi connectivity index (χ2v) is 6.34. The molecule has 1 amide bonds. The van der Waals surface area contributed by atoms with Crippen molar-refractivity contribution in [2.24, 2.45) is 7.05 Å². The van der Waals surface area contributed by atoms with E-state index in [2.05, 4.69) is 15.3 Å². The SMILES string of the molecule is Cn1ncc(N2CCC(NC(=O)c3cccs3)CC2)cc1=O. The lowest BCUT2D eigenvalue weighted by molar-refractivity contribution is 0.0935. The molecule has 0 saturated carbocycles. The predicted molar refractivity (Wildman–Crippen MR) is 86.5 cm³/mol. The van der Waals surface area contributed by atoms with E-state index in [0.717, 1.165) is 36.5 Å². The molecule has 0 unspecified atom stereocenters. The van der Waals surface area contributed by atoms with E-state index in [1.54, 1.807) is 19.3 Å². The Bertz CT molecular complexity index is 703. The Balaban J connectivity index is 1.57. The summed E-state index contributed by atoms with van der Waals surface area (Å²) in [5.41, 5.74) is 0.747. The molecule has 3 heterocycles. The summed E-state index contributed by atoms with van der Waals surface area (Å²) in [6.45, 7) is 1.62. The van der Waals surface area contributed by atoms with Crippen molar-refractivity contribution in [3.05, 3.63) is 45.0 Å². The number of aryl methyl sites for hydroxylation is 1. The van der Waals surface area contributed by atoms with Crippen LogP contribution in [-0.4, -0.2) is 34.8 Å². The van der Waals surface area contributed by atoms with Crippen LogP contribution in [0.4, 0.5) is 5.69 Å². The van der Waals surface area contributed by atoms with E-state index in [-0.39, 0.29) is 17.5 Å². The Morgan fingerprint density at radius 3 is 2.82 bits per heavy atom. The van der Waals surface area contributed by atoms with Gasteiger partial charge in [-0.2, -0.15) is 5.10 Å². The summed E-state index contributed by atoms with van der Waals surface area (Å²) in [6.07, 6.45) is 3.45. The van der Waals surface area contributed by atoms with Crippen molar-refractivity contribution in [3.63, 3.8) is 0 Å². The minimum Gasteiger partial charge on any atom is -0.370 e. The van der Waals surface area contributed by atoms with Gasteiger partial charge in [0.2, 0.25) is 0 Å². The van der Waals surface area contributed by atoms with E-state index < -0.39 is 0 Å². The first kappa shape index (κ1) is 14.8. The summed E-state index contributed by atoms with van der Waals surface area (Å²) < 4.78 is 1.32. The standard InChI is InChI=1S/C15H18N4O2S/c1-18-14(20)9-12(10-16-18)19-6-4-11(5-7-19)17-15(21)13-3-2-8-22-13/h2-3,8-11H,4-7H2,1H3,(H,17,21). The van der Waals surface area contributed by atoms with Crippen molar-refractivity contribution in [3.8, 4) is 0 Å². The van der Waals surface area contributed by atoms with Gasteiger partial charge in [-0.15, -0.1) is 11.3 Å². The van der Waals surface area contributed by atoms with Crippen LogP contribution in [0.5, 0.6) is 0 Å². The van der Waals surface area contributed by atoms with Gasteiger partial charge in [0.1, 0.15) is 0 Å². The summed E-state index contributed by atoms with van der Waals surface area (Å²) in [7, 11) is 1.64. The van der Waals surface area contributed by atoms with Crippen molar-refractivity contribution >= 4 is 22.9 Å². The molecule has 1 aliphatic rings. The number of aromatic nitrogens is 2. The molecular weight excluding hydrogens is 300 g/mol. The smallest absolute Gasteiger partial charge is 0.268 e. The molecule has 0 atom stereocenters. The van der Waals surface area contributed by atoms with E-state index >= 15 is 0 Å². The normalized spacial score (nSPS) is 15.8. The number of nitrogens with zero attached hydrogens (tertiary/aromatic N) is 3. The number of anilines is 1. The number of piperidine rings is 1. The topological polar surface area (TPSA) is 67.2 Å². The minimum absolute atomic E-state index is 0.00342. The Hall–Kier alpha value is -2.15. The summed E-state index contributed by atoms with van der Waals surface area (Å²) in [6, 6.07) is 5.51. The Labute approximate surface area is 132 Å². The zero-order valence-corrected chi connectivity index (χ0v) is 13.2. The van der Waals surface area contributed by atoms with Gasteiger partial charge in [0, 0.05) is 32.2 Å². The zero-order valence-electron chi connectivity index (χ0n) is 12.4. The molecule has 2 aromatic rings. The van der Waals surface area contributed by atoms with Crippen LogP contribution in [0, 0.1) is 0 Å². The molecule has 7 heteroatoms. The molecule has 0 aliphatic carbocycles. The zero-order chi connectivity index (χ0) is 15.5. The third-order valence-electron chi connectivity index (χ3n) is 3.89. The second kappa shape index (κ2) is 6.31. The molecule has 0 radical (unpaired) electrons. The molecule has 0 spiro atoms. The van der Waals surface area contributed by atoms with Crippen LogP contribution in [0.1, 0.15) is 22.5 Å². The van der Waals surface area contributed by atoms with Crippen LogP contribution in [0.25, 0.3) is 0 Å². The fraction of sp³-hybridized carbons (Fsp3) is 0.400. The average molecular weight is 318 g/mol. The lowest BCUT2D eigenvalue weighted by atomic mass is 10.0. The quantitative estimate of drug-likeness (QED) is 0.924. The monoisotopic (exact) mass is 318 g/mol. The molecule has 2 aromatic heterocycles. The third-order valence-corrected chi connectivity index (χ3v) is 4.76. The molecule has 6 nitrogen and oxygen atoms in total. The van der Waals surface area contributed by atoms with E-state index in [0.29, 0.717) is 0 Å². The first-order chi connectivity index (χ1) is 10.6. The summed E-state index contributed by atoms with van der Waals surface area (Å²) in [5, 5.41) is 9.03. The largest absolute Gasteiger partial charge is 0.370 e. The number of carbonyl (C=O) groups excluding carboxylic acids is 1. The van der Waals surface area contributed by atoms with Gasteiger partial charge < -0.3 is 10.2 Å². The number of rotatable bonds is 3. The third kappa shape index (κ3) is 3.19. The molecule has 3 rings (SSSR count). The molecule has 0 aromatic carbocycles. The van der Waals surface area contributed by atoms with Gasteiger partial charge in [-0.3, -0.25) is 9.59 Å². The maximum atomic E-state index is 12.0. The Morgan fingerprint density at radius 1 is 1.41 bits per heavy atom. The van der Waals surface area contributed by atoms with Crippen molar-refractivity contribution < 1.29 is 4.79 Å². The highest BCUT2D eigenvalue weighted by atomic mass is 32.1. The summed E-state index contributed by atoms with van der Waals surface area (Å²) >= 11 is 1.45. The van der Waals surface area contributed by atoms with Crippen LogP contribution in [0.15, 0.2) is 34.6 Å². The van der Waals surface area contributed by atoms with Gasteiger partial charge in [0.05, 0.1) is 16.8 Å². The Morgan fingerprint density at radius 2 is 2.18 bits per heavy atom. The minimum atomic E-state index is -0.106. The van der Waals surface area contributed by atoms with Gasteiger partial charge in [0.25, 0.3) is 11.5 Å². The first-order valence-corrected chi connectivity index (χ1v) is 8.14. The van der Waals surface area contributed by atoms with Crippen LogP contribution < -0.4 is 15.8 Å². The van der Waals surface area contributed by atoms with Crippen molar-refractivity contribution in [1.29, 1.82) is 0 Å². The van der Waals surface area contributed by atoms with E-state index in [1.165, 1.54) is 16.0 Å². The van der Waals surface area contributed by atoms with Crippen molar-refractivity contribution in [2.45, 2.75) is 18.9 Å². The van der Waals surface area contributed by atoms with Crippen molar-refractivity contribution in [1.82, 2.24) is 15.1 Å². The molecular formula is C15H18N4O2S. The van der Waals surface area contributed by atoms with Gasteiger partial charge in [-0.25, -0.2) is 4.68 Å².